The van der Waals surface area contributed by atoms with Crippen LogP contribution in [0.25, 0.3) is 21.9 Å². The van der Waals surface area contributed by atoms with Crippen molar-refractivity contribution in [2.75, 3.05) is 0 Å². The molecule has 0 atom stereocenters. The molecule has 19 heavy (non-hydrogen) atoms. The minimum atomic E-state index is -0.164. The van der Waals surface area contributed by atoms with Crippen molar-refractivity contribution in [3.05, 3.63) is 66.2 Å². The van der Waals surface area contributed by atoms with Gasteiger partial charge in [-0.1, -0.05) is 31.2 Å². The molecule has 1 aromatic heterocycles. The number of hydrogen-bond donors (Lipinski definition) is 0. The first-order valence-corrected chi connectivity index (χ1v) is 6.40. The molecule has 0 saturated carbocycles. The van der Waals surface area contributed by atoms with Gasteiger partial charge in [-0.05, 0) is 41.1 Å². The highest BCUT2D eigenvalue weighted by atomic mass is 19.1. The molecule has 0 aliphatic heterocycles. The van der Waals surface area contributed by atoms with Crippen molar-refractivity contribution < 1.29 is 4.39 Å². The fourth-order valence-electron chi connectivity index (χ4n) is 2.27. The lowest BCUT2D eigenvalue weighted by molar-refractivity contribution is 0.629. The molecule has 3 aromatic rings. The Hall–Kier alpha value is -2.22. The quantitative estimate of drug-likeness (QED) is 0.648. The topological polar surface area (TPSA) is 12.9 Å². The number of aromatic nitrogens is 1. The fourth-order valence-corrected chi connectivity index (χ4v) is 2.27. The lowest BCUT2D eigenvalue weighted by Crippen LogP contribution is -1.88. The van der Waals surface area contributed by atoms with Gasteiger partial charge in [0.1, 0.15) is 5.82 Å². The first-order chi connectivity index (χ1) is 9.28. The highest BCUT2D eigenvalue weighted by Crippen LogP contribution is 2.27. The lowest BCUT2D eigenvalue weighted by atomic mass is 10.00. The minimum Gasteiger partial charge on any atom is -0.264 e. The first kappa shape index (κ1) is 11.8. The lowest BCUT2D eigenvalue weighted by Gasteiger charge is -2.07. The van der Waals surface area contributed by atoms with Gasteiger partial charge in [-0.2, -0.15) is 0 Å². The smallest absolute Gasteiger partial charge is 0.131 e. The Kier molecular flexibility index (Phi) is 3.00. The van der Waals surface area contributed by atoms with E-state index >= 15 is 0 Å². The van der Waals surface area contributed by atoms with Crippen LogP contribution in [-0.2, 0) is 6.42 Å². The number of nitrogens with zero attached hydrogens (tertiary/aromatic N) is 1. The van der Waals surface area contributed by atoms with E-state index in [4.69, 9.17) is 0 Å². The molecule has 0 bridgehead atoms. The van der Waals surface area contributed by atoms with Gasteiger partial charge in [0.05, 0.1) is 0 Å². The molecule has 94 valence electrons. The molecule has 0 unspecified atom stereocenters. The zero-order chi connectivity index (χ0) is 13.2. The zero-order valence-corrected chi connectivity index (χ0v) is 10.7. The van der Waals surface area contributed by atoms with E-state index in [1.54, 1.807) is 18.5 Å². The number of halogens is 1. The predicted molar refractivity (Wildman–Crippen MR) is 76.5 cm³/mol. The standard InChI is InChI=1S/C17H14FN/c1-2-12-3-6-16(17(18)9-12)14-5-4-13-7-8-19-11-15(13)10-14/h3-11H,2H2,1H3. The van der Waals surface area contributed by atoms with Crippen LogP contribution in [0.3, 0.4) is 0 Å². The van der Waals surface area contributed by atoms with Crippen LogP contribution < -0.4 is 0 Å². The molecule has 0 N–H and O–H groups in total. The van der Waals surface area contributed by atoms with Crippen molar-refractivity contribution in [2.45, 2.75) is 13.3 Å². The summed E-state index contributed by atoms with van der Waals surface area (Å²) in [6.45, 7) is 2.02. The Labute approximate surface area is 111 Å². The van der Waals surface area contributed by atoms with Gasteiger partial charge in [0.2, 0.25) is 0 Å². The molecule has 3 rings (SSSR count). The zero-order valence-electron chi connectivity index (χ0n) is 10.7. The monoisotopic (exact) mass is 251 g/mol. The van der Waals surface area contributed by atoms with Crippen molar-refractivity contribution in [1.29, 1.82) is 0 Å². The average Bonchev–Trinajstić information content (AvgIpc) is 2.46. The maximum atomic E-state index is 14.1. The van der Waals surface area contributed by atoms with Gasteiger partial charge in [-0.25, -0.2) is 4.39 Å². The summed E-state index contributed by atoms with van der Waals surface area (Å²) in [6.07, 6.45) is 4.41. The molecule has 1 heterocycles. The predicted octanol–water partition coefficient (Wildman–Crippen LogP) is 4.60. The third-order valence-electron chi connectivity index (χ3n) is 3.39. The maximum absolute atomic E-state index is 14.1. The summed E-state index contributed by atoms with van der Waals surface area (Å²) in [6, 6.07) is 13.3. The molecule has 2 heteroatoms. The molecule has 0 spiro atoms. The second-order valence-electron chi connectivity index (χ2n) is 4.61. The van der Waals surface area contributed by atoms with Crippen LogP contribution in [-0.4, -0.2) is 4.98 Å². The first-order valence-electron chi connectivity index (χ1n) is 6.40. The van der Waals surface area contributed by atoms with E-state index in [9.17, 15) is 4.39 Å². The number of fused-ring (bicyclic) bond motifs is 1. The van der Waals surface area contributed by atoms with E-state index in [-0.39, 0.29) is 5.82 Å². The van der Waals surface area contributed by atoms with Crippen molar-refractivity contribution in [3.8, 4) is 11.1 Å². The summed E-state index contributed by atoms with van der Waals surface area (Å²) in [7, 11) is 0. The fraction of sp³-hybridized carbons (Fsp3) is 0.118. The highest BCUT2D eigenvalue weighted by Gasteiger charge is 2.06. The van der Waals surface area contributed by atoms with Crippen LogP contribution >= 0.6 is 0 Å². The second kappa shape index (κ2) is 4.81. The number of pyridine rings is 1. The van der Waals surface area contributed by atoms with Gasteiger partial charge < -0.3 is 0 Å². The summed E-state index contributed by atoms with van der Waals surface area (Å²) in [5, 5.41) is 2.14. The number of aryl methyl sites for hydroxylation is 1. The molecule has 0 saturated heterocycles. The molecule has 0 fully saturated rings. The number of benzene rings is 2. The molecular formula is C17H14FN. The van der Waals surface area contributed by atoms with E-state index in [1.165, 1.54) is 0 Å². The summed E-state index contributed by atoms with van der Waals surface area (Å²) in [5.41, 5.74) is 2.55. The van der Waals surface area contributed by atoms with Gasteiger partial charge >= 0.3 is 0 Å². The average molecular weight is 251 g/mol. The molecule has 0 aliphatic rings. The van der Waals surface area contributed by atoms with Crippen LogP contribution in [0, 0.1) is 5.82 Å². The Morgan fingerprint density at radius 2 is 1.89 bits per heavy atom. The summed E-state index contributed by atoms with van der Waals surface area (Å²) in [4.78, 5) is 4.10. The van der Waals surface area contributed by atoms with E-state index in [0.29, 0.717) is 5.56 Å². The largest absolute Gasteiger partial charge is 0.264 e. The Morgan fingerprint density at radius 3 is 2.68 bits per heavy atom. The Bertz CT molecular complexity index is 734. The van der Waals surface area contributed by atoms with E-state index in [1.807, 2.05) is 43.3 Å². The summed E-state index contributed by atoms with van der Waals surface area (Å²) in [5.74, 6) is -0.164. The minimum absolute atomic E-state index is 0.164. The van der Waals surface area contributed by atoms with Gasteiger partial charge in [-0.15, -0.1) is 0 Å². The van der Waals surface area contributed by atoms with Crippen molar-refractivity contribution >= 4 is 10.8 Å². The van der Waals surface area contributed by atoms with Gasteiger partial charge in [0.25, 0.3) is 0 Å². The van der Waals surface area contributed by atoms with Crippen LogP contribution in [0.1, 0.15) is 12.5 Å². The second-order valence-corrected chi connectivity index (χ2v) is 4.61. The molecule has 2 aromatic carbocycles. The summed E-state index contributed by atoms with van der Waals surface area (Å²) < 4.78 is 14.1. The van der Waals surface area contributed by atoms with Crippen LogP contribution in [0.4, 0.5) is 4.39 Å². The van der Waals surface area contributed by atoms with E-state index in [2.05, 4.69) is 4.98 Å². The number of hydrogen-bond acceptors (Lipinski definition) is 1. The van der Waals surface area contributed by atoms with Crippen LogP contribution in [0.15, 0.2) is 54.9 Å². The maximum Gasteiger partial charge on any atom is 0.131 e. The highest BCUT2D eigenvalue weighted by molar-refractivity contribution is 5.86. The molecule has 0 radical (unpaired) electrons. The van der Waals surface area contributed by atoms with E-state index < -0.39 is 0 Å². The van der Waals surface area contributed by atoms with Gasteiger partial charge in [0.15, 0.2) is 0 Å². The van der Waals surface area contributed by atoms with Crippen molar-refractivity contribution in [3.63, 3.8) is 0 Å². The summed E-state index contributed by atoms with van der Waals surface area (Å²) >= 11 is 0. The molecule has 1 nitrogen and oxygen atoms in total. The molecule has 0 amide bonds. The number of rotatable bonds is 2. The van der Waals surface area contributed by atoms with Gasteiger partial charge in [-0.3, -0.25) is 4.98 Å². The van der Waals surface area contributed by atoms with E-state index in [0.717, 1.165) is 28.3 Å². The third-order valence-corrected chi connectivity index (χ3v) is 3.39. The Morgan fingerprint density at radius 1 is 1.00 bits per heavy atom. The SMILES string of the molecule is CCc1ccc(-c2ccc3ccncc3c2)c(F)c1. The van der Waals surface area contributed by atoms with Crippen LogP contribution in [0.5, 0.6) is 0 Å². The van der Waals surface area contributed by atoms with Crippen LogP contribution in [0.2, 0.25) is 0 Å². The molecule has 0 aliphatic carbocycles. The van der Waals surface area contributed by atoms with Crippen molar-refractivity contribution in [1.82, 2.24) is 4.98 Å². The molecular weight excluding hydrogens is 237 g/mol. The Balaban J connectivity index is 2.13. The van der Waals surface area contributed by atoms with Crippen molar-refractivity contribution in [2.24, 2.45) is 0 Å². The van der Waals surface area contributed by atoms with Gasteiger partial charge in [0, 0.05) is 23.3 Å². The normalized spacial score (nSPS) is 10.8. The third kappa shape index (κ3) is 2.22.